The molecule has 1 saturated heterocycles. The Labute approximate surface area is 210 Å². The van der Waals surface area contributed by atoms with Crippen LogP contribution < -0.4 is 10.3 Å². The van der Waals surface area contributed by atoms with Crippen molar-refractivity contribution in [3.8, 4) is 5.75 Å². The summed E-state index contributed by atoms with van der Waals surface area (Å²) < 4.78 is 5.18. The first kappa shape index (κ1) is 24.0. The highest BCUT2D eigenvalue weighted by atomic mass is 32.1. The Kier molecular flexibility index (Phi) is 6.44. The monoisotopic (exact) mass is 494 g/mol. The summed E-state index contributed by atoms with van der Waals surface area (Å²) in [5.74, 6) is 2.13. The molecule has 7 nitrogen and oxygen atoms in total. The van der Waals surface area contributed by atoms with Crippen LogP contribution in [0.15, 0.2) is 29.1 Å². The molecule has 1 amide bonds. The third-order valence-electron chi connectivity index (χ3n) is 7.56. The summed E-state index contributed by atoms with van der Waals surface area (Å²) in [5, 5.41) is 0.802. The average molecular weight is 495 g/mol. The molecule has 5 rings (SSSR count). The summed E-state index contributed by atoms with van der Waals surface area (Å²) in [6.45, 7) is 10.3. The number of aryl methyl sites for hydroxylation is 1. The molecule has 1 atom stereocenters. The van der Waals surface area contributed by atoms with Gasteiger partial charge < -0.3 is 14.6 Å². The van der Waals surface area contributed by atoms with Crippen LogP contribution in [0, 0.1) is 11.3 Å². The Balaban J connectivity index is 1.25. The highest BCUT2D eigenvalue weighted by Crippen LogP contribution is 2.42. The quantitative estimate of drug-likeness (QED) is 0.591. The van der Waals surface area contributed by atoms with Gasteiger partial charge in [-0.15, -0.1) is 11.3 Å². The van der Waals surface area contributed by atoms with E-state index in [2.05, 4.69) is 30.7 Å². The molecule has 35 heavy (non-hydrogen) atoms. The van der Waals surface area contributed by atoms with E-state index >= 15 is 0 Å². The summed E-state index contributed by atoms with van der Waals surface area (Å²) in [5.41, 5.74) is 2.16. The van der Waals surface area contributed by atoms with Crippen LogP contribution in [0.5, 0.6) is 5.75 Å². The molecular weight excluding hydrogens is 460 g/mol. The predicted octanol–water partition coefficient (Wildman–Crippen LogP) is 4.10. The van der Waals surface area contributed by atoms with Crippen molar-refractivity contribution in [3.63, 3.8) is 0 Å². The SMILES string of the molecule is COc1ccc(C(=O)N2CCN(Cc3nc4sc5c(c4c(=O)[nH]3)CCC(C(C)(C)C)C5)CC2)cc1. The third-order valence-corrected chi connectivity index (χ3v) is 8.71. The van der Waals surface area contributed by atoms with Gasteiger partial charge in [-0.25, -0.2) is 4.98 Å². The number of aromatic amines is 1. The molecule has 1 fully saturated rings. The second-order valence-corrected chi connectivity index (χ2v) is 11.9. The number of H-pyrrole nitrogens is 1. The standard InChI is InChI=1S/C27H34N4O3S/c1-27(2,3)18-7-10-20-21(15-18)35-25-23(20)24(32)28-22(29-25)16-30-11-13-31(14-12-30)26(33)17-5-8-19(34-4)9-6-17/h5-6,8-9,18H,7,10-16H2,1-4H3,(H,28,29,32). The van der Waals surface area contributed by atoms with Crippen molar-refractivity contribution >= 4 is 27.5 Å². The second kappa shape index (κ2) is 9.39. The lowest BCUT2D eigenvalue weighted by atomic mass is 9.72. The number of fused-ring (bicyclic) bond motifs is 3. The number of hydrogen-bond acceptors (Lipinski definition) is 6. The van der Waals surface area contributed by atoms with Crippen molar-refractivity contribution in [1.29, 1.82) is 0 Å². The van der Waals surface area contributed by atoms with E-state index in [-0.39, 0.29) is 16.9 Å². The number of hydrogen-bond donors (Lipinski definition) is 1. The van der Waals surface area contributed by atoms with E-state index in [1.54, 1.807) is 18.4 Å². The van der Waals surface area contributed by atoms with Crippen molar-refractivity contribution in [2.75, 3.05) is 33.3 Å². The van der Waals surface area contributed by atoms with Gasteiger partial charge in [0.15, 0.2) is 0 Å². The highest BCUT2D eigenvalue weighted by Gasteiger charge is 2.32. The molecule has 186 valence electrons. The fraction of sp³-hybridized carbons (Fsp3) is 0.519. The van der Waals surface area contributed by atoms with Gasteiger partial charge in [-0.3, -0.25) is 14.5 Å². The number of nitrogens with one attached hydrogen (secondary N) is 1. The Bertz CT molecular complexity index is 1280. The Morgan fingerprint density at radius 3 is 2.54 bits per heavy atom. The number of carbonyl (C=O) groups excluding carboxylic acids is 1. The maximum atomic E-state index is 13.0. The van der Waals surface area contributed by atoms with E-state index in [9.17, 15) is 9.59 Å². The number of aromatic nitrogens is 2. The van der Waals surface area contributed by atoms with Gasteiger partial charge in [0.05, 0.1) is 19.0 Å². The minimum atomic E-state index is -0.00923. The normalized spacial score (nSPS) is 19.1. The Morgan fingerprint density at radius 2 is 1.89 bits per heavy atom. The molecule has 3 heterocycles. The summed E-state index contributed by atoms with van der Waals surface area (Å²) in [6, 6.07) is 7.24. The van der Waals surface area contributed by atoms with Crippen LogP contribution in [0.25, 0.3) is 10.2 Å². The fourth-order valence-corrected chi connectivity index (χ4v) is 6.60. The van der Waals surface area contributed by atoms with Gasteiger partial charge in [-0.05, 0) is 60.4 Å². The topological polar surface area (TPSA) is 78.5 Å². The molecule has 1 aromatic carbocycles. The van der Waals surface area contributed by atoms with Crippen LogP contribution in [-0.2, 0) is 19.4 Å². The number of benzene rings is 1. The molecule has 0 saturated carbocycles. The van der Waals surface area contributed by atoms with Gasteiger partial charge in [0.25, 0.3) is 11.5 Å². The van der Waals surface area contributed by atoms with Crippen LogP contribution >= 0.6 is 11.3 Å². The highest BCUT2D eigenvalue weighted by molar-refractivity contribution is 7.18. The summed E-state index contributed by atoms with van der Waals surface area (Å²) in [6.07, 6.45) is 3.13. The second-order valence-electron chi connectivity index (χ2n) is 10.8. The van der Waals surface area contributed by atoms with Gasteiger partial charge in [0.2, 0.25) is 0 Å². The van der Waals surface area contributed by atoms with E-state index in [0.717, 1.165) is 48.3 Å². The zero-order valence-electron chi connectivity index (χ0n) is 21.0. The van der Waals surface area contributed by atoms with Crippen LogP contribution in [0.2, 0.25) is 0 Å². The lowest BCUT2D eigenvalue weighted by molar-refractivity contribution is 0.0625. The van der Waals surface area contributed by atoms with Gasteiger partial charge in [-0.2, -0.15) is 0 Å². The molecule has 1 aliphatic heterocycles. The van der Waals surface area contributed by atoms with E-state index in [0.29, 0.717) is 36.9 Å². The first-order valence-electron chi connectivity index (χ1n) is 12.4. The van der Waals surface area contributed by atoms with Crippen molar-refractivity contribution < 1.29 is 9.53 Å². The van der Waals surface area contributed by atoms with Gasteiger partial charge in [0, 0.05) is 36.6 Å². The van der Waals surface area contributed by atoms with Crippen molar-refractivity contribution in [2.45, 2.75) is 46.6 Å². The number of piperazine rings is 1. The summed E-state index contributed by atoms with van der Waals surface area (Å²) >= 11 is 1.70. The lowest BCUT2D eigenvalue weighted by Crippen LogP contribution is -2.48. The minimum absolute atomic E-state index is 0.00923. The molecule has 1 aliphatic carbocycles. The van der Waals surface area contributed by atoms with Gasteiger partial charge >= 0.3 is 0 Å². The Hall–Kier alpha value is -2.71. The molecule has 0 radical (unpaired) electrons. The molecule has 0 bridgehead atoms. The molecular formula is C27H34N4O3S. The number of ether oxygens (including phenoxy) is 1. The molecule has 3 aromatic rings. The molecule has 2 aromatic heterocycles. The number of rotatable bonds is 4. The molecule has 1 unspecified atom stereocenters. The van der Waals surface area contributed by atoms with Crippen LogP contribution in [0.4, 0.5) is 0 Å². The van der Waals surface area contributed by atoms with Crippen LogP contribution in [0.3, 0.4) is 0 Å². The van der Waals surface area contributed by atoms with E-state index in [1.807, 2.05) is 29.2 Å². The molecule has 2 aliphatic rings. The van der Waals surface area contributed by atoms with Crippen molar-refractivity contribution in [2.24, 2.45) is 11.3 Å². The average Bonchev–Trinajstić information content (AvgIpc) is 3.21. The van der Waals surface area contributed by atoms with E-state index in [1.165, 1.54) is 10.4 Å². The lowest BCUT2D eigenvalue weighted by Gasteiger charge is -2.34. The molecule has 1 N–H and O–H groups in total. The maximum Gasteiger partial charge on any atom is 0.259 e. The van der Waals surface area contributed by atoms with Gasteiger partial charge in [-0.1, -0.05) is 20.8 Å². The molecule has 0 spiro atoms. The van der Waals surface area contributed by atoms with Crippen molar-refractivity contribution in [1.82, 2.24) is 19.8 Å². The van der Waals surface area contributed by atoms with Crippen LogP contribution in [0.1, 0.15) is 53.8 Å². The van der Waals surface area contributed by atoms with Crippen molar-refractivity contribution in [3.05, 3.63) is 56.4 Å². The third kappa shape index (κ3) is 4.86. The largest absolute Gasteiger partial charge is 0.497 e. The minimum Gasteiger partial charge on any atom is -0.497 e. The summed E-state index contributed by atoms with van der Waals surface area (Å²) in [7, 11) is 1.62. The number of methoxy groups -OCH3 is 1. The smallest absolute Gasteiger partial charge is 0.259 e. The van der Waals surface area contributed by atoms with E-state index < -0.39 is 0 Å². The van der Waals surface area contributed by atoms with E-state index in [4.69, 9.17) is 9.72 Å². The fourth-order valence-electron chi connectivity index (χ4n) is 5.28. The zero-order chi connectivity index (χ0) is 24.7. The molecule has 8 heteroatoms. The Morgan fingerprint density at radius 1 is 1.17 bits per heavy atom. The number of carbonyl (C=O) groups is 1. The maximum absolute atomic E-state index is 13.0. The first-order valence-corrected chi connectivity index (χ1v) is 13.2. The predicted molar refractivity (Wildman–Crippen MR) is 139 cm³/mol. The summed E-state index contributed by atoms with van der Waals surface area (Å²) in [4.78, 5) is 40.1. The number of amides is 1. The number of thiophene rings is 1. The zero-order valence-corrected chi connectivity index (χ0v) is 21.8. The van der Waals surface area contributed by atoms with Gasteiger partial charge in [0.1, 0.15) is 16.4 Å². The number of nitrogens with zero attached hydrogens (tertiary/aromatic N) is 3. The first-order chi connectivity index (χ1) is 16.7. The van der Waals surface area contributed by atoms with Crippen LogP contribution in [-0.4, -0.2) is 59.0 Å².